The minimum Gasteiger partial charge on any atom is -0.496 e. The lowest BCUT2D eigenvalue weighted by Crippen LogP contribution is -2.40. The van der Waals surface area contributed by atoms with Crippen LogP contribution in [0.3, 0.4) is 0 Å². The van der Waals surface area contributed by atoms with Crippen LogP contribution in [0.4, 0.5) is 5.69 Å². The van der Waals surface area contributed by atoms with Gasteiger partial charge in [0.05, 0.1) is 7.11 Å². The molecular formula is C20H23ClN2O3. The fraction of sp³-hybridized carbons (Fsp3) is 0.300. The van der Waals surface area contributed by atoms with Crippen molar-refractivity contribution in [1.82, 2.24) is 5.32 Å². The topological polar surface area (TPSA) is 58.6 Å². The van der Waals surface area contributed by atoms with Gasteiger partial charge in [-0.25, -0.2) is 0 Å². The molecule has 0 fully saturated rings. The molecule has 0 heterocycles. The van der Waals surface area contributed by atoms with Crippen LogP contribution in [-0.4, -0.2) is 32.0 Å². The van der Waals surface area contributed by atoms with E-state index in [-0.39, 0.29) is 18.4 Å². The number of nitrogens with zero attached hydrogens (tertiary/aromatic N) is 1. The van der Waals surface area contributed by atoms with Crippen LogP contribution in [-0.2, 0) is 16.0 Å². The standard InChI is InChI=1S/C20H23ClN2O3/c1-14-8-9-17(12-18(14)21)23(15(2)24)13-20(25)22-11-10-16-6-4-5-7-19(16)26-3/h4-9,12H,10-11,13H2,1-3H3,(H,22,25). The van der Waals surface area contributed by atoms with Crippen LogP contribution in [0.25, 0.3) is 0 Å². The van der Waals surface area contributed by atoms with Crippen molar-refractivity contribution < 1.29 is 14.3 Å². The maximum atomic E-state index is 12.3. The van der Waals surface area contributed by atoms with Crippen molar-refractivity contribution in [3.63, 3.8) is 0 Å². The molecule has 0 bridgehead atoms. The molecule has 0 saturated heterocycles. The second-order valence-corrected chi connectivity index (χ2v) is 6.36. The summed E-state index contributed by atoms with van der Waals surface area (Å²) in [6.45, 7) is 3.71. The van der Waals surface area contributed by atoms with Crippen LogP contribution in [0.5, 0.6) is 5.75 Å². The molecule has 0 radical (unpaired) electrons. The fourth-order valence-corrected chi connectivity index (χ4v) is 2.75. The number of para-hydroxylation sites is 1. The van der Waals surface area contributed by atoms with Crippen LogP contribution in [0.1, 0.15) is 18.1 Å². The first-order valence-corrected chi connectivity index (χ1v) is 8.73. The monoisotopic (exact) mass is 374 g/mol. The Morgan fingerprint density at radius 3 is 2.58 bits per heavy atom. The molecule has 1 N–H and O–H groups in total. The molecule has 0 spiro atoms. The number of hydrogen-bond donors (Lipinski definition) is 1. The molecule has 0 aromatic heterocycles. The summed E-state index contributed by atoms with van der Waals surface area (Å²) in [6.07, 6.45) is 0.645. The number of carbonyl (C=O) groups excluding carboxylic acids is 2. The van der Waals surface area contributed by atoms with Crippen molar-refractivity contribution in [2.75, 3.05) is 25.1 Å². The highest BCUT2D eigenvalue weighted by Gasteiger charge is 2.16. The van der Waals surface area contributed by atoms with Gasteiger partial charge < -0.3 is 15.0 Å². The molecule has 2 rings (SSSR count). The Morgan fingerprint density at radius 2 is 1.92 bits per heavy atom. The van der Waals surface area contributed by atoms with E-state index in [1.807, 2.05) is 37.3 Å². The molecule has 2 aromatic rings. The summed E-state index contributed by atoms with van der Waals surface area (Å²) in [7, 11) is 1.62. The molecule has 0 aliphatic rings. The van der Waals surface area contributed by atoms with Gasteiger partial charge in [-0.15, -0.1) is 0 Å². The number of benzene rings is 2. The molecule has 6 heteroatoms. The highest BCUT2D eigenvalue weighted by atomic mass is 35.5. The third kappa shape index (κ3) is 5.23. The zero-order chi connectivity index (χ0) is 19.1. The van der Waals surface area contributed by atoms with Gasteiger partial charge in [0.1, 0.15) is 12.3 Å². The van der Waals surface area contributed by atoms with Gasteiger partial charge in [-0.1, -0.05) is 35.9 Å². The minimum absolute atomic E-state index is 0.0549. The second-order valence-electron chi connectivity index (χ2n) is 5.95. The van der Waals surface area contributed by atoms with Crippen LogP contribution in [0.15, 0.2) is 42.5 Å². The molecule has 2 amide bonds. The third-order valence-electron chi connectivity index (χ3n) is 4.06. The van der Waals surface area contributed by atoms with Crippen molar-refractivity contribution in [2.45, 2.75) is 20.3 Å². The molecule has 0 aliphatic carbocycles. The number of ether oxygens (including phenoxy) is 1. The Kier molecular flexibility index (Phi) is 7.04. The van der Waals surface area contributed by atoms with Crippen LogP contribution < -0.4 is 15.0 Å². The fourth-order valence-electron chi connectivity index (χ4n) is 2.58. The Hall–Kier alpha value is -2.53. The van der Waals surface area contributed by atoms with Gasteiger partial charge >= 0.3 is 0 Å². The average molecular weight is 375 g/mol. The quantitative estimate of drug-likeness (QED) is 0.808. The zero-order valence-electron chi connectivity index (χ0n) is 15.2. The number of methoxy groups -OCH3 is 1. The lowest BCUT2D eigenvalue weighted by atomic mass is 10.1. The van der Waals surface area contributed by atoms with E-state index in [4.69, 9.17) is 16.3 Å². The van der Waals surface area contributed by atoms with Crippen molar-refractivity contribution >= 4 is 29.1 Å². The maximum Gasteiger partial charge on any atom is 0.240 e. The highest BCUT2D eigenvalue weighted by molar-refractivity contribution is 6.31. The van der Waals surface area contributed by atoms with Crippen molar-refractivity contribution in [2.24, 2.45) is 0 Å². The Balaban J connectivity index is 1.95. The summed E-state index contributed by atoms with van der Waals surface area (Å²) in [6, 6.07) is 13.0. The summed E-state index contributed by atoms with van der Waals surface area (Å²) < 4.78 is 5.30. The van der Waals surface area contributed by atoms with Gasteiger partial charge in [0, 0.05) is 24.2 Å². The van der Waals surface area contributed by atoms with Gasteiger partial charge in [-0.05, 0) is 42.7 Å². The van der Waals surface area contributed by atoms with E-state index in [2.05, 4.69) is 5.32 Å². The molecule has 0 saturated carbocycles. The summed E-state index contributed by atoms with van der Waals surface area (Å²) in [4.78, 5) is 25.6. The number of halogens is 1. The second kappa shape index (κ2) is 9.25. The molecule has 26 heavy (non-hydrogen) atoms. The molecule has 0 atom stereocenters. The number of nitrogens with one attached hydrogen (secondary N) is 1. The van der Waals surface area contributed by atoms with E-state index in [0.29, 0.717) is 23.7 Å². The number of aryl methyl sites for hydroxylation is 1. The Morgan fingerprint density at radius 1 is 1.19 bits per heavy atom. The first-order chi connectivity index (χ1) is 12.4. The summed E-state index contributed by atoms with van der Waals surface area (Å²) in [5.41, 5.74) is 2.54. The molecule has 0 unspecified atom stereocenters. The predicted octanol–water partition coefficient (Wildman–Crippen LogP) is 3.37. The number of anilines is 1. The highest BCUT2D eigenvalue weighted by Crippen LogP contribution is 2.23. The van der Waals surface area contributed by atoms with E-state index < -0.39 is 0 Å². The summed E-state index contributed by atoms with van der Waals surface area (Å²) in [5, 5.41) is 3.40. The summed E-state index contributed by atoms with van der Waals surface area (Å²) in [5.74, 6) is 0.345. The van der Waals surface area contributed by atoms with Gasteiger partial charge in [-0.3, -0.25) is 9.59 Å². The van der Waals surface area contributed by atoms with E-state index in [1.165, 1.54) is 11.8 Å². The van der Waals surface area contributed by atoms with E-state index in [1.54, 1.807) is 19.2 Å². The van der Waals surface area contributed by atoms with Crippen LogP contribution in [0, 0.1) is 6.92 Å². The molecule has 0 aliphatic heterocycles. The van der Waals surface area contributed by atoms with Gasteiger partial charge in [0.15, 0.2) is 0 Å². The van der Waals surface area contributed by atoms with Gasteiger partial charge in [0.25, 0.3) is 0 Å². The van der Waals surface area contributed by atoms with Crippen molar-refractivity contribution in [3.8, 4) is 5.75 Å². The summed E-state index contributed by atoms with van der Waals surface area (Å²) >= 11 is 6.13. The predicted molar refractivity (Wildman–Crippen MR) is 104 cm³/mol. The normalized spacial score (nSPS) is 10.3. The smallest absolute Gasteiger partial charge is 0.240 e. The lowest BCUT2D eigenvalue weighted by Gasteiger charge is -2.21. The number of hydrogen-bond acceptors (Lipinski definition) is 3. The number of amides is 2. The van der Waals surface area contributed by atoms with Crippen molar-refractivity contribution in [1.29, 1.82) is 0 Å². The largest absolute Gasteiger partial charge is 0.496 e. The maximum absolute atomic E-state index is 12.3. The SMILES string of the molecule is COc1ccccc1CCNC(=O)CN(C(C)=O)c1ccc(C)c(Cl)c1. The van der Waals surface area contributed by atoms with Crippen molar-refractivity contribution in [3.05, 3.63) is 58.6 Å². The first kappa shape index (κ1) is 19.8. The molecular weight excluding hydrogens is 352 g/mol. The lowest BCUT2D eigenvalue weighted by molar-refractivity contribution is -0.123. The number of rotatable bonds is 7. The molecule has 2 aromatic carbocycles. The molecule has 138 valence electrons. The Labute approximate surface area is 158 Å². The van der Waals surface area contributed by atoms with Crippen LogP contribution >= 0.6 is 11.6 Å². The van der Waals surface area contributed by atoms with Crippen LogP contribution in [0.2, 0.25) is 5.02 Å². The van der Waals surface area contributed by atoms with Gasteiger partial charge in [-0.2, -0.15) is 0 Å². The van der Waals surface area contributed by atoms with E-state index >= 15 is 0 Å². The van der Waals surface area contributed by atoms with E-state index in [0.717, 1.165) is 16.9 Å². The van der Waals surface area contributed by atoms with E-state index in [9.17, 15) is 9.59 Å². The average Bonchev–Trinajstić information content (AvgIpc) is 2.62. The molecule has 5 nitrogen and oxygen atoms in total. The zero-order valence-corrected chi connectivity index (χ0v) is 16.0. The third-order valence-corrected chi connectivity index (χ3v) is 4.47. The number of carbonyl (C=O) groups is 2. The minimum atomic E-state index is -0.230. The Bertz CT molecular complexity index is 792. The first-order valence-electron chi connectivity index (χ1n) is 8.35. The van der Waals surface area contributed by atoms with Gasteiger partial charge in [0.2, 0.25) is 11.8 Å².